The fourth-order valence-electron chi connectivity index (χ4n) is 9.71. The molecule has 0 radical (unpaired) electrons. The maximum absolute atomic E-state index is 14.7. The highest BCUT2D eigenvalue weighted by atomic mass is 35.5. The number of aliphatic hydroxyl groups is 1. The summed E-state index contributed by atoms with van der Waals surface area (Å²) in [6.45, 7) is 18.0. The smallest absolute Gasteiger partial charge is 0.407 e. The number of rotatable bonds is 19. The molecule has 0 spiro atoms. The number of hydrogen-bond donors (Lipinski definition) is 5. The van der Waals surface area contributed by atoms with E-state index in [0.717, 1.165) is 47.9 Å². The summed E-state index contributed by atoms with van der Waals surface area (Å²) in [6, 6.07) is 8.77. The summed E-state index contributed by atoms with van der Waals surface area (Å²) >= 11 is 9.63. The first-order chi connectivity index (χ1) is 37.8. The molecule has 2 aromatic heterocycles. The zero-order valence-corrected chi connectivity index (χ0v) is 49.0. The van der Waals surface area contributed by atoms with Crippen molar-refractivity contribution in [2.24, 2.45) is 10.8 Å². The van der Waals surface area contributed by atoms with Gasteiger partial charge in [-0.15, -0.1) is 11.3 Å². The lowest BCUT2D eigenvalue weighted by molar-refractivity contribution is -0.145. The van der Waals surface area contributed by atoms with Gasteiger partial charge < -0.3 is 50.5 Å². The molecule has 5 heterocycles. The number of piperazine rings is 1. The van der Waals surface area contributed by atoms with E-state index in [1.807, 2.05) is 56.9 Å². The van der Waals surface area contributed by atoms with Crippen LogP contribution in [-0.2, 0) is 35.3 Å². The van der Waals surface area contributed by atoms with Gasteiger partial charge in [-0.2, -0.15) is 0 Å². The number of likely N-dealkylation sites (tertiary alicyclic amines) is 1. The van der Waals surface area contributed by atoms with Crippen LogP contribution in [0.3, 0.4) is 0 Å². The summed E-state index contributed by atoms with van der Waals surface area (Å²) < 4.78 is 26.5. The van der Waals surface area contributed by atoms with E-state index < -0.39 is 64.6 Å². The molecule has 0 unspecified atom stereocenters. The first-order valence-corrected chi connectivity index (χ1v) is 29.1. The van der Waals surface area contributed by atoms with Crippen molar-refractivity contribution in [1.82, 2.24) is 45.6 Å². The van der Waals surface area contributed by atoms with Gasteiger partial charge in [0.1, 0.15) is 40.9 Å². The van der Waals surface area contributed by atoms with Gasteiger partial charge in [0, 0.05) is 69.2 Å². The van der Waals surface area contributed by atoms with Crippen molar-refractivity contribution in [3.8, 4) is 16.2 Å². The number of anilines is 2. The fourth-order valence-corrected chi connectivity index (χ4v) is 11.6. The summed E-state index contributed by atoms with van der Waals surface area (Å²) in [7, 11) is 0. The SMILES string of the molecule is Cc1ncsc1-c1ccc(CNC(=O)[C@@H]2C[C@@H](O)CN2C(=O)[C@@H](NC(=O)C2(F)CC2)C(C)(C)C)c(OCCN2CCN(CC(=O)Nc3cccc(Sc4cnc(N5CCC(C)(CNC(=O)OC(C)(C)C)CC5)cn4)c3Cl)C(=O)C2)c1. The van der Waals surface area contributed by atoms with Crippen molar-refractivity contribution < 1.29 is 47.7 Å². The lowest BCUT2D eigenvalue weighted by atomic mass is 9.80. The summed E-state index contributed by atoms with van der Waals surface area (Å²) in [6.07, 6.45) is 3.89. The number of aryl methyl sites for hydroxylation is 1. The van der Waals surface area contributed by atoms with E-state index in [2.05, 4.69) is 48.0 Å². The van der Waals surface area contributed by atoms with E-state index in [-0.39, 0.29) is 63.4 Å². The molecule has 0 bridgehead atoms. The van der Waals surface area contributed by atoms with Gasteiger partial charge in [-0.25, -0.2) is 24.1 Å². The van der Waals surface area contributed by atoms with Gasteiger partial charge in [0.25, 0.3) is 5.91 Å². The number of carbonyl (C=O) groups excluding carboxylic acids is 6. The Morgan fingerprint density at radius 3 is 2.38 bits per heavy atom. The van der Waals surface area contributed by atoms with Crippen LogP contribution < -0.4 is 30.9 Å². The first-order valence-electron chi connectivity index (χ1n) is 27.0. The second-order valence-electron chi connectivity index (χ2n) is 23.5. The summed E-state index contributed by atoms with van der Waals surface area (Å²) in [4.78, 5) is 102. The van der Waals surface area contributed by atoms with E-state index in [4.69, 9.17) is 21.1 Å². The van der Waals surface area contributed by atoms with Crippen LogP contribution in [0.4, 0.5) is 20.7 Å². The Hall–Kier alpha value is -6.14. The lowest BCUT2D eigenvalue weighted by Gasteiger charge is -2.40. The molecule has 5 N–H and O–H groups in total. The van der Waals surface area contributed by atoms with Crippen molar-refractivity contribution in [3.05, 3.63) is 70.6 Å². The molecule has 1 aliphatic carbocycles. The predicted molar refractivity (Wildman–Crippen MR) is 303 cm³/mol. The van der Waals surface area contributed by atoms with Crippen molar-refractivity contribution in [3.63, 3.8) is 0 Å². The molecule has 20 nitrogen and oxygen atoms in total. The zero-order chi connectivity index (χ0) is 57.7. The molecule has 4 fully saturated rings. The van der Waals surface area contributed by atoms with E-state index in [1.165, 1.54) is 32.9 Å². The van der Waals surface area contributed by atoms with E-state index in [1.54, 1.807) is 50.8 Å². The van der Waals surface area contributed by atoms with Crippen LogP contribution in [0.15, 0.2) is 64.2 Å². The molecule has 6 amide bonds. The molecule has 24 heteroatoms. The molecule has 1 saturated carbocycles. The number of aromatic nitrogens is 3. The van der Waals surface area contributed by atoms with Crippen molar-refractivity contribution in [1.29, 1.82) is 0 Å². The van der Waals surface area contributed by atoms with Crippen LogP contribution in [-0.4, -0.2) is 165 Å². The highest BCUT2D eigenvalue weighted by molar-refractivity contribution is 7.99. The molecule has 3 saturated heterocycles. The molecule has 3 atom stereocenters. The Balaban J connectivity index is 0.808. The average molecular weight is 1160 g/mol. The van der Waals surface area contributed by atoms with Crippen LogP contribution >= 0.6 is 34.7 Å². The Bertz CT molecular complexity index is 2930. The number of aliphatic hydroxyl groups excluding tert-OH is 1. The number of piperidine rings is 1. The second kappa shape index (κ2) is 24.9. The van der Waals surface area contributed by atoms with Crippen LogP contribution in [0.25, 0.3) is 10.4 Å². The van der Waals surface area contributed by atoms with E-state index >= 15 is 0 Å². The zero-order valence-electron chi connectivity index (χ0n) is 46.7. The standard InChI is InChI=1S/C56H73ClFN11O9S2/c1-34-47(79-33-63-34)35-12-13-36(26-61-49(73)39-25-37(70)29-69(39)50(74)48(53(2,3)4)65-51(75)56(58)14-15-56)40(24-35)77-23-22-66-20-21-68(45(72)31-66)30-43(71)64-38-10-9-11-41(46(38)57)80-44-28-59-42(27-60-44)67-18-16-55(8,17-19-67)32-62-52(76)78-54(5,6)7/h9-13,24,27-28,33,37,39,48,70H,14-23,25-26,29-32H2,1-8H3,(H,61,73)(H,62,76)(H,64,71)(H,65,75)/t37-,39+,48-/m1/s1. The topological polar surface area (TPSA) is 241 Å². The molecular formula is C56H73ClFN11O9S2. The Kier molecular flexibility index (Phi) is 18.7. The van der Waals surface area contributed by atoms with Gasteiger partial charge in [0.2, 0.25) is 23.6 Å². The average Bonchev–Trinajstić information content (AvgIpc) is 3.80. The normalized spacial score (nSPS) is 19.5. The third-order valence-corrected chi connectivity index (χ3v) is 17.2. The molecular weight excluding hydrogens is 1090 g/mol. The maximum Gasteiger partial charge on any atom is 0.407 e. The van der Waals surface area contributed by atoms with Crippen LogP contribution in [0.5, 0.6) is 5.75 Å². The molecule has 80 heavy (non-hydrogen) atoms. The highest BCUT2D eigenvalue weighted by Crippen LogP contribution is 2.41. The number of ether oxygens (including phenoxy) is 2. The molecule has 8 rings (SSSR count). The molecule has 4 aromatic rings. The van der Waals surface area contributed by atoms with Crippen LogP contribution in [0, 0.1) is 17.8 Å². The lowest BCUT2D eigenvalue weighted by Crippen LogP contribution is -2.59. The van der Waals surface area contributed by atoms with Crippen molar-refractivity contribution in [2.75, 3.05) is 75.7 Å². The number of benzene rings is 2. The fraction of sp³-hybridized carbons (Fsp3) is 0.554. The minimum Gasteiger partial charge on any atom is -0.492 e. The monoisotopic (exact) mass is 1160 g/mol. The molecule has 4 aliphatic rings. The van der Waals surface area contributed by atoms with E-state index in [0.29, 0.717) is 58.1 Å². The Labute approximate surface area is 479 Å². The Morgan fingerprint density at radius 1 is 0.975 bits per heavy atom. The minimum absolute atomic E-state index is 0.0175. The summed E-state index contributed by atoms with van der Waals surface area (Å²) in [5, 5.41) is 22.9. The van der Waals surface area contributed by atoms with Crippen molar-refractivity contribution in [2.45, 2.75) is 133 Å². The number of thiazole rings is 1. The van der Waals surface area contributed by atoms with Gasteiger partial charge in [-0.1, -0.05) is 69.3 Å². The quantitative estimate of drug-likeness (QED) is 0.0663. The molecule has 432 valence electrons. The van der Waals surface area contributed by atoms with E-state index in [9.17, 15) is 38.3 Å². The number of halogens is 2. The van der Waals surface area contributed by atoms with Crippen LogP contribution in [0.1, 0.15) is 91.8 Å². The third-order valence-electron chi connectivity index (χ3n) is 14.7. The minimum atomic E-state index is -2.00. The first kappa shape index (κ1) is 60.0. The number of β-amino-alcohol motifs (C(OH)–C–C–N with tert-alkyl or cyclic N) is 1. The van der Waals surface area contributed by atoms with Crippen molar-refractivity contribution >= 4 is 81.8 Å². The Morgan fingerprint density at radius 2 is 1.73 bits per heavy atom. The van der Waals surface area contributed by atoms with Crippen LogP contribution in [0.2, 0.25) is 5.02 Å². The number of alkyl carbamates (subject to hydrolysis) is 1. The molecule has 3 aliphatic heterocycles. The number of carbonyl (C=O) groups is 6. The molecule has 2 aromatic carbocycles. The predicted octanol–water partition coefficient (Wildman–Crippen LogP) is 6.62. The van der Waals surface area contributed by atoms with Gasteiger partial charge in [-0.3, -0.25) is 28.9 Å². The number of nitrogens with one attached hydrogen (secondary N) is 4. The van der Waals surface area contributed by atoms with Gasteiger partial charge in [0.15, 0.2) is 5.67 Å². The second-order valence-corrected chi connectivity index (χ2v) is 25.8. The number of nitrogens with zero attached hydrogens (tertiary/aromatic N) is 7. The maximum atomic E-state index is 14.7. The van der Waals surface area contributed by atoms with Gasteiger partial charge in [0.05, 0.1) is 58.4 Å². The number of hydrogen-bond acceptors (Lipinski definition) is 16. The largest absolute Gasteiger partial charge is 0.492 e. The van der Waals surface area contributed by atoms with Gasteiger partial charge >= 0.3 is 6.09 Å². The number of amides is 6. The number of alkyl halides is 1. The summed E-state index contributed by atoms with van der Waals surface area (Å²) in [5.74, 6) is -1.32. The third kappa shape index (κ3) is 15.4. The summed E-state index contributed by atoms with van der Waals surface area (Å²) in [5.41, 5.74) is 1.05. The van der Waals surface area contributed by atoms with Gasteiger partial charge in [-0.05, 0) is 88.0 Å². The highest BCUT2D eigenvalue weighted by Gasteiger charge is 2.53.